The van der Waals surface area contributed by atoms with Crippen LogP contribution in [0.4, 0.5) is 5.00 Å². The molecule has 1 aromatic rings. The Morgan fingerprint density at radius 2 is 1.96 bits per heavy atom. The highest BCUT2D eigenvalue weighted by molar-refractivity contribution is 7.17. The van der Waals surface area contributed by atoms with Gasteiger partial charge in [0.05, 0.1) is 12.7 Å². The normalized spacial score (nSPS) is 21.2. The molecule has 0 bridgehead atoms. The van der Waals surface area contributed by atoms with Gasteiger partial charge < -0.3 is 14.8 Å². The monoisotopic (exact) mass is 337 g/mol. The average Bonchev–Trinajstić information content (AvgIpc) is 3.15. The molecule has 6 heteroatoms. The third-order valence-electron chi connectivity index (χ3n) is 4.52. The lowest BCUT2D eigenvalue weighted by Crippen LogP contribution is -2.27. The molecule has 1 aliphatic carbocycles. The molecule has 1 aliphatic heterocycles. The van der Waals surface area contributed by atoms with Crippen molar-refractivity contribution in [3.63, 3.8) is 0 Å². The van der Waals surface area contributed by atoms with E-state index < -0.39 is 6.10 Å². The van der Waals surface area contributed by atoms with Crippen LogP contribution >= 0.6 is 11.3 Å². The van der Waals surface area contributed by atoms with E-state index in [1.165, 1.54) is 36.2 Å². The van der Waals surface area contributed by atoms with Crippen molar-refractivity contribution in [2.45, 2.75) is 57.5 Å². The molecule has 5 nitrogen and oxygen atoms in total. The maximum Gasteiger partial charge on any atom is 0.341 e. The Kier molecular flexibility index (Phi) is 5.33. The van der Waals surface area contributed by atoms with Gasteiger partial charge in [-0.05, 0) is 44.1 Å². The largest absolute Gasteiger partial charge is 0.465 e. The van der Waals surface area contributed by atoms with Crippen LogP contribution in [0.15, 0.2) is 0 Å². The van der Waals surface area contributed by atoms with E-state index in [9.17, 15) is 9.59 Å². The molecule has 0 saturated carbocycles. The highest BCUT2D eigenvalue weighted by Gasteiger charge is 2.29. The lowest BCUT2D eigenvalue weighted by atomic mass is 9.96. The molecule has 1 aromatic heterocycles. The van der Waals surface area contributed by atoms with E-state index in [0.717, 1.165) is 44.1 Å². The quantitative estimate of drug-likeness (QED) is 0.860. The fourth-order valence-electron chi connectivity index (χ4n) is 3.30. The number of hydrogen-bond acceptors (Lipinski definition) is 5. The number of thiophene rings is 1. The molecular formula is C17H23NO4S. The Morgan fingerprint density at radius 3 is 2.65 bits per heavy atom. The highest BCUT2D eigenvalue weighted by atomic mass is 32.1. The molecule has 23 heavy (non-hydrogen) atoms. The number of nitrogens with one attached hydrogen (secondary N) is 1. The first-order valence-corrected chi connectivity index (χ1v) is 9.17. The van der Waals surface area contributed by atoms with Gasteiger partial charge in [0.25, 0.3) is 5.91 Å². The standard InChI is InChI=1S/C17H23NO4S/c1-21-17(20)14-11-7-4-2-3-5-9-13(11)23-16(14)18-15(19)12-8-6-10-22-12/h12H,2-10H2,1H3,(H,18,19)/t12-/m1/s1. The summed E-state index contributed by atoms with van der Waals surface area (Å²) >= 11 is 1.53. The fraction of sp³-hybridized carbons (Fsp3) is 0.647. The van der Waals surface area contributed by atoms with Gasteiger partial charge in [-0.25, -0.2) is 4.79 Å². The number of carbonyl (C=O) groups is 2. The minimum absolute atomic E-state index is 0.151. The summed E-state index contributed by atoms with van der Waals surface area (Å²) in [6.45, 7) is 0.628. The van der Waals surface area contributed by atoms with Crippen molar-refractivity contribution < 1.29 is 19.1 Å². The smallest absolute Gasteiger partial charge is 0.341 e. The third kappa shape index (κ3) is 3.58. The number of hydrogen-bond donors (Lipinski definition) is 1. The highest BCUT2D eigenvalue weighted by Crippen LogP contribution is 2.37. The van der Waals surface area contributed by atoms with Gasteiger partial charge in [0.15, 0.2) is 0 Å². The van der Waals surface area contributed by atoms with E-state index in [-0.39, 0.29) is 11.9 Å². The molecule has 2 heterocycles. The molecule has 0 unspecified atom stereocenters. The molecular weight excluding hydrogens is 314 g/mol. The minimum Gasteiger partial charge on any atom is -0.465 e. The summed E-state index contributed by atoms with van der Waals surface area (Å²) in [5, 5.41) is 3.55. The van der Waals surface area contributed by atoms with Gasteiger partial charge in [-0.15, -0.1) is 11.3 Å². The van der Waals surface area contributed by atoms with Crippen molar-refractivity contribution in [3.8, 4) is 0 Å². The van der Waals surface area contributed by atoms with Crippen molar-refractivity contribution in [2.75, 3.05) is 19.0 Å². The van der Waals surface area contributed by atoms with E-state index in [1.807, 2.05) is 0 Å². The van der Waals surface area contributed by atoms with Gasteiger partial charge in [0.2, 0.25) is 0 Å². The maximum absolute atomic E-state index is 12.3. The van der Waals surface area contributed by atoms with Gasteiger partial charge in [0, 0.05) is 11.5 Å². The van der Waals surface area contributed by atoms with Crippen LogP contribution < -0.4 is 5.32 Å². The first-order chi connectivity index (χ1) is 11.2. The second kappa shape index (κ2) is 7.45. The van der Waals surface area contributed by atoms with Crippen LogP contribution in [0.3, 0.4) is 0 Å². The lowest BCUT2D eigenvalue weighted by molar-refractivity contribution is -0.124. The van der Waals surface area contributed by atoms with Crippen LogP contribution in [0.1, 0.15) is 59.3 Å². The summed E-state index contributed by atoms with van der Waals surface area (Å²) in [6, 6.07) is 0. The molecule has 2 aliphatic rings. The molecule has 1 N–H and O–H groups in total. The predicted octanol–water partition coefficient (Wildman–Crippen LogP) is 3.31. The molecule has 1 saturated heterocycles. The van der Waals surface area contributed by atoms with E-state index in [0.29, 0.717) is 17.2 Å². The predicted molar refractivity (Wildman–Crippen MR) is 89.1 cm³/mol. The molecule has 0 aromatic carbocycles. The molecule has 126 valence electrons. The summed E-state index contributed by atoms with van der Waals surface area (Å²) in [7, 11) is 1.39. The van der Waals surface area contributed by atoms with Crippen LogP contribution in [0.2, 0.25) is 0 Å². The number of esters is 1. The Morgan fingerprint density at radius 1 is 1.17 bits per heavy atom. The van der Waals surface area contributed by atoms with Crippen LogP contribution in [-0.4, -0.2) is 31.7 Å². The Hall–Kier alpha value is -1.40. The van der Waals surface area contributed by atoms with Gasteiger partial charge in [-0.1, -0.05) is 12.8 Å². The Labute approximate surface area is 140 Å². The Bertz CT molecular complexity index is 590. The average molecular weight is 337 g/mol. The van der Waals surface area contributed by atoms with Crippen molar-refractivity contribution in [2.24, 2.45) is 0 Å². The maximum atomic E-state index is 12.3. The molecule has 3 rings (SSSR count). The minimum atomic E-state index is -0.398. The van der Waals surface area contributed by atoms with Crippen molar-refractivity contribution in [1.82, 2.24) is 0 Å². The van der Waals surface area contributed by atoms with Gasteiger partial charge >= 0.3 is 5.97 Å². The van der Waals surface area contributed by atoms with E-state index >= 15 is 0 Å². The number of amides is 1. The lowest BCUT2D eigenvalue weighted by Gasteiger charge is -2.12. The first kappa shape index (κ1) is 16.5. The summed E-state index contributed by atoms with van der Waals surface area (Å²) < 4.78 is 10.4. The zero-order chi connectivity index (χ0) is 16.2. The van der Waals surface area contributed by atoms with Crippen LogP contribution in [0.5, 0.6) is 0 Å². The first-order valence-electron chi connectivity index (χ1n) is 8.36. The van der Waals surface area contributed by atoms with Gasteiger partial charge in [-0.2, -0.15) is 0 Å². The zero-order valence-corrected chi connectivity index (χ0v) is 14.3. The second-order valence-corrected chi connectivity index (χ2v) is 7.21. The summed E-state index contributed by atoms with van der Waals surface area (Å²) in [5.41, 5.74) is 1.63. The van der Waals surface area contributed by atoms with E-state index in [4.69, 9.17) is 9.47 Å². The summed E-state index contributed by atoms with van der Waals surface area (Å²) in [5.74, 6) is -0.507. The number of anilines is 1. The van der Waals surface area contributed by atoms with Crippen LogP contribution in [0.25, 0.3) is 0 Å². The molecule has 0 radical (unpaired) electrons. The van der Waals surface area contributed by atoms with E-state index in [1.54, 1.807) is 0 Å². The second-order valence-electron chi connectivity index (χ2n) is 6.10. The number of ether oxygens (including phenoxy) is 2. The fourth-order valence-corrected chi connectivity index (χ4v) is 4.58. The number of carbonyl (C=O) groups excluding carboxylic acids is 2. The summed E-state index contributed by atoms with van der Waals surface area (Å²) in [4.78, 5) is 25.8. The molecule has 0 spiro atoms. The van der Waals surface area contributed by atoms with Crippen molar-refractivity contribution >= 4 is 28.2 Å². The van der Waals surface area contributed by atoms with Crippen molar-refractivity contribution in [3.05, 3.63) is 16.0 Å². The van der Waals surface area contributed by atoms with E-state index in [2.05, 4.69) is 5.32 Å². The SMILES string of the molecule is COC(=O)c1c(NC(=O)[C@H]2CCCO2)sc2c1CCCCCC2. The number of rotatable bonds is 3. The Balaban J connectivity index is 1.89. The van der Waals surface area contributed by atoms with Crippen molar-refractivity contribution in [1.29, 1.82) is 0 Å². The topological polar surface area (TPSA) is 64.6 Å². The van der Waals surface area contributed by atoms with Gasteiger partial charge in [0.1, 0.15) is 11.1 Å². The zero-order valence-electron chi connectivity index (χ0n) is 13.5. The van der Waals surface area contributed by atoms with Crippen LogP contribution in [-0.2, 0) is 27.1 Å². The number of aryl methyl sites for hydroxylation is 1. The number of fused-ring (bicyclic) bond motifs is 1. The van der Waals surface area contributed by atoms with Crippen LogP contribution in [0, 0.1) is 0 Å². The molecule has 1 fully saturated rings. The van der Waals surface area contributed by atoms with Gasteiger partial charge in [-0.3, -0.25) is 4.79 Å². The summed E-state index contributed by atoms with van der Waals surface area (Å²) in [6.07, 6.45) is 7.72. The molecule has 1 amide bonds. The molecule has 1 atom stereocenters. The number of methoxy groups -OCH3 is 1. The third-order valence-corrected chi connectivity index (χ3v) is 5.73.